The Bertz CT molecular complexity index is 760. The SMILES string of the molecule is O=C(NCc1cccnc1OCC(F)(F)F)c1n[nH]c2c1CNCC2. The highest BCUT2D eigenvalue weighted by atomic mass is 19.4. The summed E-state index contributed by atoms with van der Waals surface area (Å²) in [5.41, 5.74) is 2.36. The first-order chi connectivity index (χ1) is 11.9. The molecule has 0 saturated heterocycles. The second-order valence-corrected chi connectivity index (χ2v) is 5.51. The standard InChI is InChI=1S/C15H16F3N5O2/c16-15(17,18)8-25-14-9(2-1-4-20-14)6-21-13(24)12-10-7-19-5-3-11(10)22-23-12/h1-2,4,19H,3,5-8H2,(H,21,24)(H,22,23). The summed E-state index contributed by atoms with van der Waals surface area (Å²) in [6.45, 7) is -0.105. The Labute approximate surface area is 141 Å². The zero-order chi connectivity index (χ0) is 17.9. The number of nitrogens with zero attached hydrogens (tertiary/aromatic N) is 2. The van der Waals surface area contributed by atoms with Gasteiger partial charge in [0, 0.05) is 49.1 Å². The van der Waals surface area contributed by atoms with Gasteiger partial charge in [-0.1, -0.05) is 6.07 Å². The number of amides is 1. The number of carbonyl (C=O) groups excluding carboxylic acids is 1. The lowest BCUT2D eigenvalue weighted by atomic mass is 10.1. The maximum atomic E-state index is 12.3. The average Bonchev–Trinajstić information content (AvgIpc) is 3.02. The summed E-state index contributed by atoms with van der Waals surface area (Å²) in [5, 5.41) is 12.7. The number of pyridine rings is 1. The fourth-order valence-electron chi connectivity index (χ4n) is 2.51. The van der Waals surface area contributed by atoms with Gasteiger partial charge in [0.05, 0.1) is 0 Å². The number of aromatic nitrogens is 3. The van der Waals surface area contributed by atoms with Crippen molar-refractivity contribution in [1.82, 2.24) is 25.8 Å². The maximum absolute atomic E-state index is 12.3. The van der Waals surface area contributed by atoms with Gasteiger partial charge >= 0.3 is 6.18 Å². The topological polar surface area (TPSA) is 91.9 Å². The van der Waals surface area contributed by atoms with Gasteiger partial charge in [-0.05, 0) is 6.07 Å². The van der Waals surface area contributed by atoms with E-state index in [0.717, 1.165) is 24.2 Å². The number of ether oxygens (including phenoxy) is 1. The van der Waals surface area contributed by atoms with Crippen LogP contribution in [0.5, 0.6) is 5.88 Å². The smallest absolute Gasteiger partial charge is 0.422 e. The molecule has 1 aliphatic heterocycles. The van der Waals surface area contributed by atoms with Crippen LogP contribution >= 0.6 is 0 Å². The van der Waals surface area contributed by atoms with E-state index in [9.17, 15) is 18.0 Å². The van der Waals surface area contributed by atoms with E-state index in [-0.39, 0.29) is 18.1 Å². The molecule has 1 aliphatic rings. The normalized spacial score (nSPS) is 14.0. The Morgan fingerprint density at radius 3 is 3.04 bits per heavy atom. The fourth-order valence-corrected chi connectivity index (χ4v) is 2.51. The van der Waals surface area contributed by atoms with Crippen molar-refractivity contribution in [3.05, 3.63) is 40.8 Å². The van der Waals surface area contributed by atoms with Crippen molar-refractivity contribution >= 4 is 5.91 Å². The molecule has 0 atom stereocenters. The first-order valence-corrected chi connectivity index (χ1v) is 7.62. The summed E-state index contributed by atoms with van der Waals surface area (Å²) < 4.78 is 41.6. The fraction of sp³-hybridized carbons (Fsp3) is 0.400. The van der Waals surface area contributed by atoms with Crippen molar-refractivity contribution < 1.29 is 22.7 Å². The number of halogens is 3. The van der Waals surface area contributed by atoms with Crippen LogP contribution in [0.1, 0.15) is 27.3 Å². The predicted octanol–water partition coefficient (Wildman–Crippen LogP) is 1.32. The van der Waals surface area contributed by atoms with Gasteiger partial charge in [-0.3, -0.25) is 9.89 Å². The zero-order valence-electron chi connectivity index (χ0n) is 13.1. The van der Waals surface area contributed by atoms with Crippen molar-refractivity contribution in [3.63, 3.8) is 0 Å². The quantitative estimate of drug-likeness (QED) is 0.752. The van der Waals surface area contributed by atoms with Crippen LogP contribution in [-0.2, 0) is 19.5 Å². The molecule has 0 saturated carbocycles. The number of nitrogens with one attached hydrogen (secondary N) is 3. The zero-order valence-corrected chi connectivity index (χ0v) is 13.1. The van der Waals surface area contributed by atoms with E-state index in [1.165, 1.54) is 6.20 Å². The van der Waals surface area contributed by atoms with Crippen molar-refractivity contribution in [2.45, 2.75) is 25.7 Å². The number of aromatic amines is 1. The second kappa shape index (κ2) is 7.09. The summed E-state index contributed by atoms with van der Waals surface area (Å²) in [4.78, 5) is 16.1. The molecule has 0 spiro atoms. The Kier molecular flexibility index (Phi) is 4.88. The Hall–Kier alpha value is -2.62. The molecular formula is C15H16F3N5O2. The monoisotopic (exact) mass is 355 g/mol. The van der Waals surface area contributed by atoms with Gasteiger partial charge < -0.3 is 15.4 Å². The molecule has 0 aliphatic carbocycles. The number of hydrogen-bond donors (Lipinski definition) is 3. The molecule has 3 heterocycles. The number of fused-ring (bicyclic) bond motifs is 1. The third-order valence-electron chi connectivity index (χ3n) is 3.68. The van der Waals surface area contributed by atoms with E-state index in [2.05, 4.69) is 25.8 Å². The van der Waals surface area contributed by atoms with Crippen LogP contribution in [0.4, 0.5) is 13.2 Å². The third-order valence-corrected chi connectivity index (χ3v) is 3.68. The lowest BCUT2D eigenvalue weighted by Gasteiger charge is -2.14. The summed E-state index contributed by atoms with van der Waals surface area (Å²) in [5.74, 6) is -0.572. The van der Waals surface area contributed by atoms with Gasteiger partial charge in [0.15, 0.2) is 12.3 Å². The second-order valence-electron chi connectivity index (χ2n) is 5.51. The molecule has 0 fully saturated rings. The third kappa shape index (κ3) is 4.27. The molecule has 3 rings (SSSR count). The van der Waals surface area contributed by atoms with Crippen LogP contribution < -0.4 is 15.4 Å². The Morgan fingerprint density at radius 1 is 1.40 bits per heavy atom. The van der Waals surface area contributed by atoms with E-state index in [1.807, 2.05) is 0 Å². The first kappa shape index (κ1) is 17.2. The molecule has 134 valence electrons. The summed E-state index contributed by atoms with van der Waals surface area (Å²) in [6, 6.07) is 3.10. The highest BCUT2D eigenvalue weighted by Gasteiger charge is 2.29. The van der Waals surface area contributed by atoms with E-state index in [0.29, 0.717) is 12.1 Å². The van der Waals surface area contributed by atoms with Gasteiger partial charge in [0.1, 0.15) is 0 Å². The van der Waals surface area contributed by atoms with Crippen LogP contribution in [0, 0.1) is 0 Å². The molecule has 10 heteroatoms. The highest BCUT2D eigenvalue weighted by molar-refractivity contribution is 5.94. The van der Waals surface area contributed by atoms with Gasteiger partial charge in [-0.15, -0.1) is 0 Å². The molecule has 2 aromatic rings. The van der Waals surface area contributed by atoms with Crippen molar-refractivity contribution in [1.29, 1.82) is 0 Å². The van der Waals surface area contributed by atoms with Crippen molar-refractivity contribution in [2.75, 3.05) is 13.2 Å². The highest BCUT2D eigenvalue weighted by Crippen LogP contribution is 2.20. The van der Waals surface area contributed by atoms with Gasteiger partial charge in [-0.2, -0.15) is 18.3 Å². The van der Waals surface area contributed by atoms with E-state index < -0.39 is 18.7 Å². The maximum Gasteiger partial charge on any atom is 0.422 e. The van der Waals surface area contributed by atoms with Crippen molar-refractivity contribution in [2.24, 2.45) is 0 Å². The van der Waals surface area contributed by atoms with Crippen LogP contribution in [0.3, 0.4) is 0 Å². The number of H-pyrrole nitrogens is 1. The van der Waals surface area contributed by atoms with E-state index in [4.69, 9.17) is 4.74 Å². The molecular weight excluding hydrogens is 339 g/mol. The minimum absolute atomic E-state index is 0.0189. The molecule has 0 unspecified atom stereocenters. The minimum Gasteiger partial charge on any atom is -0.468 e. The minimum atomic E-state index is -4.46. The molecule has 0 aromatic carbocycles. The van der Waals surface area contributed by atoms with Crippen LogP contribution in [0.15, 0.2) is 18.3 Å². The molecule has 1 amide bonds. The molecule has 0 radical (unpaired) electrons. The molecule has 25 heavy (non-hydrogen) atoms. The summed E-state index contributed by atoms with van der Waals surface area (Å²) >= 11 is 0. The van der Waals surface area contributed by atoms with Gasteiger partial charge in [0.25, 0.3) is 5.91 Å². The Balaban J connectivity index is 1.65. The number of hydrogen-bond acceptors (Lipinski definition) is 5. The average molecular weight is 355 g/mol. The van der Waals surface area contributed by atoms with Crippen LogP contribution in [0.2, 0.25) is 0 Å². The largest absolute Gasteiger partial charge is 0.468 e. The number of carbonyl (C=O) groups is 1. The van der Waals surface area contributed by atoms with E-state index >= 15 is 0 Å². The lowest BCUT2D eigenvalue weighted by Crippen LogP contribution is -2.28. The van der Waals surface area contributed by atoms with Crippen LogP contribution in [-0.4, -0.2) is 40.4 Å². The van der Waals surface area contributed by atoms with Crippen LogP contribution in [0.25, 0.3) is 0 Å². The molecule has 3 N–H and O–H groups in total. The summed E-state index contributed by atoms with van der Waals surface area (Å²) in [7, 11) is 0. The number of alkyl halides is 3. The van der Waals surface area contributed by atoms with E-state index in [1.54, 1.807) is 12.1 Å². The van der Waals surface area contributed by atoms with Gasteiger partial charge in [0.2, 0.25) is 5.88 Å². The molecule has 0 bridgehead atoms. The molecule has 7 nitrogen and oxygen atoms in total. The van der Waals surface area contributed by atoms with Gasteiger partial charge in [-0.25, -0.2) is 4.98 Å². The Morgan fingerprint density at radius 2 is 2.24 bits per heavy atom. The molecule has 2 aromatic heterocycles. The van der Waals surface area contributed by atoms with Crippen molar-refractivity contribution in [3.8, 4) is 5.88 Å². The number of rotatable bonds is 5. The predicted molar refractivity (Wildman–Crippen MR) is 81.0 cm³/mol. The lowest BCUT2D eigenvalue weighted by molar-refractivity contribution is -0.154. The summed E-state index contributed by atoms with van der Waals surface area (Å²) in [6.07, 6.45) is -2.38. The first-order valence-electron chi connectivity index (χ1n) is 7.62.